The molecule has 3 heteroatoms. The molecule has 0 rings (SSSR count). The van der Waals surface area contributed by atoms with Crippen molar-refractivity contribution in [2.45, 2.75) is 32.5 Å². The average Bonchev–Trinajstić information content (AvgIpc) is 1.86. The lowest BCUT2D eigenvalue weighted by atomic mass is 9.99. The Labute approximate surface area is 68.1 Å². The van der Waals surface area contributed by atoms with Crippen molar-refractivity contribution in [3.63, 3.8) is 0 Å². The van der Waals surface area contributed by atoms with Gasteiger partial charge in [-0.2, -0.15) is 0 Å². The molecule has 0 aromatic carbocycles. The first-order valence-electron chi connectivity index (χ1n) is 3.65. The van der Waals surface area contributed by atoms with Gasteiger partial charge in [0.15, 0.2) is 0 Å². The third-order valence-electron chi connectivity index (χ3n) is 1.61. The van der Waals surface area contributed by atoms with Crippen molar-refractivity contribution in [1.82, 2.24) is 0 Å². The highest BCUT2D eigenvalue weighted by atomic mass is 16.5. The summed E-state index contributed by atoms with van der Waals surface area (Å²) in [7, 11) is 3.25. The molecule has 0 fully saturated rings. The summed E-state index contributed by atoms with van der Waals surface area (Å²) in [6, 6.07) is 0. The summed E-state index contributed by atoms with van der Waals surface area (Å²) in [5.41, 5.74) is -0.218. The molecule has 0 saturated carbocycles. The number of hydrogen-bond acceptors (Lipinski definition) is 3. The normalized spacial score (nSPS) is 16.7. The predicted octanol–water partition coefficient (Wildman–Crippen LogP) is 0.863. The molecule has 0 aliphatic heterocycles. The molecule has 0 aliphatic carbocycles. The molecule has 0 amide bonds. The maximum Gasteiger partial charge on any atom is 0.0992 e. The summed E-state index contributed by atoms with van der Waals surface area (Å²) in [6.45, 7) is 5.26. The van der Waals surface area contributed by atoms with Gasteiger partial charge in [-0.05, 0) is 20.8 Å². The topological polar surface area (TPSA) is 41.8 Å². The van der Waals surface area contributed by atoms with Gasteiger partial charge in [-0.15, -0.1) is 0 Å². The largest absolute Gasteiger partial charge is 0.384 e. The van der Waals surface area contributed by atoms with E-state index < -0.39 is 5.60 Å². The van der Waals surface area contributed by atoms with E-state index in [1.807, 2.05) is 6.92 Å². The van der Waals surface area contributed by atoms with Crippen molar-refractivity contribution in [2.75, 3.05) is 14.2 Å². The molecule has 3 nitrogen and oxygen atoms in total. The van der Waals surface area contributed by atoms with Gasteiger partial charge in [-0.1, -0.05) is 0 Å². The number of ether oxygens (including phenoxy) is 1. The van der Waals surface area contributed by atoms with Crippen LogP contribution in [-0.4, -0.2) is 36.7 Å². The Hall–Kier alpha value is -0.410. The molecule has 0 heterocycles. The van der Waals surface area contributed by atoms with Crippen molar-refractivity contribution >= 4 is 5.71 Å². The predicted molar refractivity (Wildman–Crippen MR) is 46.1 cm³/mol. The Morgan fingerprint density at radius 2 is 2.00 bits per heavy atom. The fourth-order valence-corrected chi connectivity index (χ4v) is 1.06. The fraction of sp³-hybridized carbons (Fsp3) is 0.875. The molecule has 1 atom stereocenters. The number of aliphatic hydroxyl groups is 1. The molecule has 0 bridgehead atoms. The maximum absolute atomic E-state index is 9.57. The van der Waals surface area contributed by atoms with E-state index in [0.29, 0.717) is 5.71 Å². The molecule has 1 N–H and O–H groups in total. The lowest BCUT2D eigenvalue weighted by Gasteiger charge is -2.24. The number of nitrogens with zero attached hydrogens (tertiary/aromatic N) is 1. The summed E-state index contributed by atoms with van der Waals surface area (Å²) in [5.74, 6) is 0. The molecule has 11 heavy (non-hydrogen) atoms. The monoisotopic (exact) mass is 159 g/mol. The summed E-state index contributed by atoms with van der Waals surface area (Å²) >= 11 is 0. The summed E-state index contributed by atoms with van der Waals surface area (Å²) in [5, 5.41) is 9.57. The van der Waals surface area contributed by atoms with Crippen LogP contribution in [0.25, 0.3) is 0 Å². The number of rotatable bonds is 3. The lowest BCUT2D eigenvalue weighted by molar-refractivity contribution is 0.115. The fourth-order valence-electron chi connectivity index (χ4n) is 1.06. The quantitative estimate of drug-likeness (QED) is 0.621. The average molecular weight is 159 g/mol. The standard InChI is InChI=1S/C8H17NO2/c1-6(11-5)7(9-4)8(2,3)10/h6,10H,1-5H3. The Kier molecular flexibility index (Phi) is 3.69. The van der Waals surface area contributed by atoms with Crippen LogP contribution in [0.15, 0.2) is 4.99 Å². The Morgan fingerprint density at radius 1 is 1.55 bits per heavy atom. The van der Waals surface area contributed by atoms with E-state index in [0.717, 1.165) is 0 Å². The van der Waals surface area contributed by atoms with Crippen LogP contribution in [0.4, 0.5) is 0 Å². The van der Waals surface area contributed by atoms with E-state index in [-0.39, 0.29) is 6.10 Å². The first-order valence-corrected chi connectivity index (χ1v) is 3.65. The summed E-state index contributed by atoms with van der Waals surface area (Å²) in [6.07, 6.45) is -0.125. The Morgan fingerprint density at radius 3 is 2.09 bits per heavy atom. The molecular formula is C8H17NO2. The Balaban J connectivity index is 4.44. The molecule has 1 unspecified atom stereocenters. The number of hydrogen-bond donors (Lipinski definition) is 1. The maximum atomic E-state index is 9.57. The summed E-state index contributed by atoms with van der Waals surface area (Å²) < 4.78 is 5.04. The molecule has 66 valence electrons. The van der Waals surface area contributed by atoms with Gasteiger partial charge in [-0.3, -0.25) is 4.99 Å². The van der Waals surface area contributed by atoms with Gasteiger partial charge >= 0.3 is 0 Å². The van der Waals surface area contributed by atoms with E-state index in [1.165, 1.54) is 0 Å². The third kappa shape index (κ3) is 2.99. The number of methoxy groups -OCH3 is 1. The van der Waals surface area contributed by atoms with E-state index in [9.17, 15) is 5.11 Å². The first-order chi connectivity index (χ1) is 4.93. The zero-order chi connectivity index (χ0) is 9.07. The van der Waals surface area contributed by atoms with Crippen molar-refractivity contribution in [1.29, 1.82) is 0 Å². The summed E-state index contributed by atoms with van der Waals surface area (Å²) in [4.78, 5) is 3.97. The van der Waals surface area contributed by atoms with E-state index in [2.05, 4.69) is 4.99 Å². The molecule has 0 aromatic heterocycles. The third-order valence-corrected chi connectivity index (χ3v) is 1.61. The minimum Gasteiger partial charge on any atom is -0.384 e. The Bertz CT molecular complexity index is 147. The van der Waals surface area contributed by atoms with Crippen LogP contribution in [0, 0.1) is 0 Å². The molecule has 0 radical (unpaired) electrons. The molecular weight excluding hydrogens is 142 g/mol. The molecule has 0 spiro atoms. The van der Waals surface area contributed by atoms with Gasteiger partial charge in [0, 0.05) is 14.2 Å². The van der Waals surface area contributed by atoms with E-state index in [4.69, 9.17) is 4.74 Å². The van der Waals surface area contributed by atoms with Crippen LogP contribution in [0.1, 0.15) is 20.8 Å². The second kappa shape index (κ2) is 3.83. The molecule has 0 aliphatic rings. The van der Waals surface area contributed by atoms with Gasteiger partial charge in [0.2, 0.25) is 0 Å². The van der Waals surface area contributed by atoms with Crippen molar-refractivity contribution in [2.24, 2.45) is 4.99 Å². The van der Waals surface area contributed by atoms with Crippen LogP contribution < -0.4 is 0 Å². The number of aliphatic imine (C=N–C) groups is 1. The molecule has 0 saturated heterocycles. The minimum atomic E-state index is -0.885. The van der Waals surface area contributed by atoms with E-state index >= 15 is 0 Å². The van der Waals surface area contributed by atoms with Crippen LogP contribution in [0.3, 0.4) is 0 Å². The zero-order valence-electron chi connectivity index (χ0n) is 7.88. The second-order valence-corrected chi connectivity index (χ2v) is 3.05. The van der Waals surface area contributed by atoms with Crippen LogP contribution in [0.5, 0.6) is 0 Å². The van der Waals surface area contributed by atoms with Gasteiger partial charge < -0.3 is 9.84 Å². The van der Waals surface area contributed by atoms with E-state index in [1.54, 1.807) is 28.0 Å². The van der Waals surface area contributed by atoms with Gasteiger partial charge in [-0.25, -0.2) is 0 Å². The highest BCUT2D eigenvalue weighted by Crippen LogP contribution is 2.09. The van der Waals surface area contributed by atoms with Gasteiger partial charge in [0.25, 0.3) is 0 Å². The minimum absolute atomic E-state index is 0.125. The SMILES string of the molecule is CN=C(C(C)OC)C(C)(C)O. The highest BCUT2D eigenvalue weighted by Gasteiger charge is 2.25. The van der Waals surface area contributed by atoms with Crippen LogP contribution >= 0.6 is 0 Å². The first kappa shape index (κ1) is 10.6. The van der Waals surface area contributed by atoms with Crippen LogP contribution in [0.2, 0.25) is 0 Å². The van der Waals surface area contributed by atoms with Crippen molar-refractivity contribution in [3.8, 4) is 0 Å². The van der Waals surface area contributed by atoms with Gasteiger partial charge in [0.05, 0.1) is 17.4 Å². The molecule has 0 aromatic rings. The van der Waals surface area contributed by atoms with Crippen molar-refractivity contribution < 1.29 is 9.84 Å². The second-order valence-electron chi connectivity index (χ2n) is 3.05. The lowest BCUT2D eigenvalue weighted by Crippen LogP contribution is -2.39. The zero-order valence-corrected chi connectivity index (χ0v) is 7.88. The van der Waals surface area contributed by atoms with Crippen LogP contribution in [-0.2, 0) is 4.74 Å². The van der Waals surface area contributed by atoms with Crippen molar-refractivity contribution in [3.05, 3.63) is 0 Å². The smallest absolute Gasteiger partial charge is 0.0992 e. The van der Waals surface area contributed by atoms with Gasteiger partial charge in [0.1, 0.15) is 0 Å². The highest BCUT2D eigenvalue weighted by molar-refractivity contribution is 5.95.